The van der Waals surface area contributed by atoms with Crippen LogP contribution in [0.4, 0.5) is 0 Å². The van der Waals surface area contributed by atoms with Gasteiger partial charge in [0.25, 0.3) is 5.91 Å². The average Bonchev–Trinajstić information content (AvgIpc) is 3.35. The molecule has 1 aromatic rings. The van der Waals surface area contributed by atoms with E-state index in [1.165, 1.54) is 12.2 Å². The number of amides is 2. The van der Waals surface area contributed by atoms with Crippen LogP contribution in [-0.2, 0) is 25.5 Å². The first-order valence-corrected chi connectivity index (χ1v) is 13.7. The number of carbonyl (C=O) groups excluding carboxylic acids is 4. The number of ketones is 1. The van der Waals surface area contributed by atoms with E-state index in [9.17, 15) is 24.3 Å². The lowest BCUT2D eigenvalue weighted by molar-refractivity contribution is -0.156. The van der Waals surface area contributed by atoms with Crippen LogP contribution < -0.4 is 16.4 Å². The predicted molar refractivity (Wildman–Crippen MR) is 149 cm³/mol. The van der Waals surface area contributed by atoms with Crippen LogP contribution in [0.2, 0.25) is 0 Å². The summed E-state index contributed by atoms with van der Waals surface area (Å²) in [7, 11) is 0. The van der Waals surface area contributed by atoms with Crippen molar-refractivity contribution in [3.63, 3.8) is 0 Å². The smallest absolute Gasteiger partial charge is 0.328 e. The number of hydrogen-bond acceptors (Lipinski definition) is 9. The Labute approximate surface area is 235 Å². The monoisotopic (exact) mass is 558 g/mol. The Morgan fingerprint density at radius 2 is 1.93 bits per heavy atom. The molecule has 0 unspecified atom stereocenters. The molecule has 2 bridgehead atoms. The fraction of sp³-hybridized carbons (Fsp3) is 0.552. The van der Waals surface area contributed by atoms with Gasteiger partial charge < -0.3 is 30.6 Å². The van der Waals surface area contributed by atoms with Gasteiger partial charge in [-0.15, -0.1) is 0 Å². The highest BCUT2D eigenvalue weighted by molar-refractivity contribution is 5.95. The molecule has 0 aromatic carbocycles. The third-order valence-electron chi connectivity index (χ3n) is 6.32. The number of nitrogens with one attached hydrogen (secondary N) is 2. The highest BCUT2D eigenvalue weighted by atomic mass is 16.5. The number of nitrogens with two attached hydrogens (primary N) is 1. The number of ether oxygens (including phenoxy) is 1. The molecule has 1 aliphatic heterocycles. The van der Waals surface area contributed by atoms with Gasteiger partial charge in [0, 0.05) is 18.9 Å². The molecule has 2 rings (SSSR count). The maximum Gasteiger partial charge on any atom is 0.328 e. The highest BCUT2D eigenvalue weighted by Crippen LogP contribution is 2.20. The van der Waals surface area contributed by atoms with E-state index in [2.05, 4.69) is 15.6 Å². The molecule has 11 nitrogen and oxygen atoms in total. The molecule has 4 atom stereocenters. The molecular weight excluding hydrogens is 516 g/mol. The highest BCUT2D eigenvalue weighted by Gasteiger charge is 2.30. The number of fused-ring (bicyclic) bond motifs is 2. The van der Waals surface area contributed by atoms with E-state index in [0.29, 0.717) is 25.8 Å². The van der Waals surface area contributed by atoms with Gasteiger partial charge in [0.05, 0.1) is 12.5 Å². The van der Waals surface area contributed by atoms with E-state index in [1.807, 2.05) is 20.8 Å². The second-order valence-corrected chi connectivity index (χ2v) is 10.3. The maximum atomic E-state index is 13.2. The van der Waals surface area contributed by atoms with Gasteiger partial charge >= 0.3 is 5.97 Å². The second kappa shape index (κ2) is 16.5. The van der Waals surface area contributed by atoms with Gasteiger partial charge in [0.15, 0.2) is 5.69 Å². The van der Waals surface area contributed by atoms with E-state index in [4.69, 9.17) is 14.9 Å². The molecule has 0 aliphatic carbocycles. The van der Waals surface area contributed by atoms with Crippen molar-refractivity contribution in [1.82, 2.24) is 15.6 Å². The number of nitrogens with zero attached hydrogens (tertiary/aromatic N) is 1. The molecule has 5 N–H and O–H groups in total. The molecule has 11 heteroatoms. The number of Topliss-reactive ketones (excluding diaryl/α,β-unsaturated/α-hetero) is 1. The van der Waals surface area contributed by atoms with E-state index < -0.39 is 30.1 Å². The Morgan fingerprint density at radius 3 is 2.62 bits per heavy atom. The van der Waals surface area contributed by atoms with E-state index in [0.717, 1.165) is 11.8 Å². The predicted octanol–water partition coefficient (Wildman–Crippen LogP) is 2.16. The van der Waals surface area contributed by atoms with Crippen molar-refractivity contribution in [1.29, 1.82) is 0 Å². The Morgan fingerprint density at radius 1 is 1.18 bits per heavy atom. The number of aromatic nitrogens is 1. The van der Waals surface area contributed by atoms with Gasteiger partial charge in [-0.2, -0.15) is 0 Å². The number of unbranched alkanes of at least 4 members (excludes halogenated alkanes) is 1. The van der Waals surface area contributed by atoms with E-state index in [1.54, 1.807) is 25.2 Å². The number of esters is 1. The largest absolute Gasteiger partial charge is 0.460 e. The number of aliphatic hydroxyl groups excluding tert-OH is 1. The van der Waals surface area contributed by atoms with Crippen LogP contribution in [0, 0.1) is 11.8 Å². The summed E-state index contributed by atoms with van der Waals surface area (Å²) in [6.45, 7) is 8.14. The minimum Gasteiger partial charge on any atom is -0.460 e. The first kappa shape index (κ1) is 32.6. The topological polar surface area (TPSA) is 174 Å². The lowest BCUT2D eigenvalue weighted by Crippen LogP contribution is -2.44. The molecule has 40 heavy (non-hydrogen) atoms. The molecule has 2 amide bonds. The standard InChI is InChI=1S/C29H42N4O7/c1-18(2)27-20(4)10-11-25(36)31-13-7-8-19(3)14-21(34)15-22(35)16-26-32-24(17-39-26)28(37)33-23(29(38)40-27)9-5-6-12-30/h7-8,10-11,14,17-18,20-21,23,27,34H,5-6,9,12-13,15-16,30H2,1-4H3,(H,31,36)(H,33,37)/b8-7+,11-10+,19-14+/t20-,21-,23-,27-/m1/s1. The molecule has 1 aliphatic rings. The van der Waals surface area contributed by atoms with Crippen LogP contribution in [0.3, 0.4) is 0 Å². The van der Waals surface area contributed by atoms with Crippen molar-refractivity contribution >= 4 is 23.6 Å². The van der Waals surface area contributed by atoms with Gasteiger partial charge in [-0.3, -0.25) is 14.4 Å². The summed E-state index contributed by atoms with van der Waals surface area (Å²) >= 11 is 0. The van der Waals surface area contributed by atoms with Crippen LogP contribution in [0.15, 0.2) is 46.6 Å². The third-order valence-corrected chi connectivity index (χ3v) is 6.32. The number of hydrogen-bond donors (Lipinski definition) is 4. The van der Waals surface area contributed by atoms with Crippen LogP contribution in [0.5, 0.6) is 0 Å². The molecule has 1 aromatic heterocycles. The minimum atomic E-state index is -1.02. The second-order valence-electron chi connectivity index (χ2n) is 10.3. The molecular formula is C29H42N4O7. The lowest BCUT2D eigenvalue weighted by Gasteiger charge is -2.28. The number of aliphatic hydroxyl groups is 1. The van der Waals surface area contributed by atoms with Gasteiger partial charge in [-0.25, -0.2) is 9.78 Å². The number of cyclic esters (lactones) is 1. The minimum absolute atomic E-state index is 0.0276. The summed E-state index contributed by atoms with van der Waals surface area (Å²) in [5.74, 6) is -2.21. The number of allylic oxidation sites excluding steroid dienone is 2. The fourth-order valence-corrected chi connectivity index (χ4v) is 4.24. The number of carbonyl (C=O) groups is 4. The van der Waals surface area contributed by atoms with Crippen LogP contribution in [-0.4, -0.2) is 65.0 Å². The Hall–Kier alpha value is -3.57. The lowest BCUT2D eigenvalue weighted by atomic mass is 9.94. The van der Waals surface area contributed by atoms with Gasteiger partial charge in [-0.1, -0.05) is 50.6 Å². The summed E-state index contributed by atoms with van der Waals surface area (Å²) in [5, 5.41) is 15.7. The fourth-order valence-electron chi connectivity index (χ4n) is 4.24. The van der Waals surface area contributed by atoms with Crippen molar-refractivity contribution < 1.29 is 33.4 Å². The Kier molecular flexibility index (Phi) is 13.5. The first-order valence-electron chi connectivity index (χ1n) is 13.7. The van der Waals surface area contributed by atoms with Crippen molar-refractivity contribution in [3.8, 4) is 0 Å². The first-order chi connectivity index (χ1) is 19.0. The summed E-state index contributed by atoms with van der Waals surface area (Å²) < 4.78 is 11.2. The molecule has 0 fully saturated rings. The van der Waals surface area contributed by atoms with E-state index >= 15 is 0 Å². The summed E-state index contributed by atoms with van der Waals surface area (Å²) in [5.41, 5.74) is 6.24. The third kappa shape index (κ3) is 11.3. The quantitative estimate of drug-likeness (QED) is 0.312. The van der Waals surface area contributed by atoms with Crippen LogP contribution >= 0.6 is 0 Å². The summed E-state index contributed by atoms with van der Waals surface area (Å²) in [4.78, 5) is 55.0. The zero-order chi connectivity index (χ0) is 29.7. The molecule has 0 spiro atoms. The van der Waals surface area contributed by atoms with Crippen molar-refractivity contribution in [2.75, 3.05) is 13.1 Å². The normalized spacial score (nSPS) is 27.2. The Balaban J connectivity index is 2.33. The number of oxazole rings is 1. The van der Waals surface area contributed by atoms with Crippen LogP contribution in [0.1, 0.15) is 69.8 Å². The van der Waals surface area contributed by atoms with Crippen LogP contribution in [0.25, 0.3) is 0 Å². The van der Waals surface area contributed by atoms with E-state index in [-0.39, 0.29) is 54.5 Å². The van der Waals surface area contributed by atoms with Crippen molar-refractivity contribution in [2.45, 2.75) is 78.0 Å². The zero-order valence-electron chi connectivity index (χ0n) is 23.7. The molecule has 0 saturated carbocycles. The molecule has 0 radical (unpaired) electrons. The molecule has 2 heterocycles. The molecule has 220 valence electrons. The summed E-state index contributed by atoms with van der Waals surface area (Å²) in [6, 6.07) is -0.958. The van der Waals surface area contributed by atoms with Crippen molar-refractivity contribution in [2.24, 2.45) is 17.6 Å². The average molecular weight is 559 g/mol. The Bertz CT molecular complexity index is 1110. The van der Waals surface area contributed by atoms with Gasteiger partial charge in [0.1, 0.15) is 24.2 Å². The van der Waals surface area contributed by atoms with Crippen molar-refractivity contribution in [3.05, 3.63) is 53.8 Å². The van der Waals surface area contributed by atoms with Gasteiger partial charge in [-0.05, 0) is 44.7 Å². The number of rotatable bonds is 5. The maximum absolute atomic E-state index is 13.2. The summed E-state index contributed by atoms with van der Waals surface area (Å²) in [6.07, 6.45) is 8.82. The van der Waals surface area contributed by atoms with Gasteiger partial charge in [0.2, 0.25) is 11.8 Å². The SMILES string of the molecule is CC1=C\[C@@H](O)CC(=O)Cc2nc(co2)C(=O)N[C@H](CCCCN)C(=O)O[C@H](C(C)C)[C@H](C)/C=C/C(=O)NC\C=C\1. The molecule has 0 saturated heterocycles. The zero-order valence-corrected chi connectivity index (χ0v) is 23.7.